The second-order valence-corrected chi connectivity index (χ2v) is 2.64. The molecule has 0 aliphatic heterocycles. The molecule has 0 atom stereocenters. The highest BCUT2D eigenvalue weighted by Gasteiger charge is 1.95. The molecule has 1 radical (unpaired) electrons. The summed E-state index contributed by atoms with van der Waals surface area (Å²) in [5.74, 6) is 0. The molecule has 0 amide bonds. The van der Waals surface area contributed by atoms with Crippen LogP contribution in [0.5, 0.6) is 0 Å². The van der Waals surface area contributed by atoms with Crippen LogP contribution in [0.1, 0.15) is 5.56 Å². The minimum atomic E-state index is 0.624. The Morgan fingerprint density at radius 2 is 2.00 bits per heavy atom. The highest BCUT2D eigenvalue weighted by molar-refractivity contribution is 6.33. The molecular weight excluding hydrogens is 167 g/mol. The number of rotatable bonds is 1. The molecule has 0 saturated heterocycles. The van der Waals surface area contributed by atoms with E-state index in [1.54, 1.807) is 18.2 Å². The Hall–Kier alpha value is -0.460. The summed E-state index contributed by atoms with van der Waals surface area (Å²) in [5.41, 5.74) is 0.745. The molecule has 0 bridgehead atoms. The first-order chi connectivity index (χ1) is 4.74. The molecule has 0 fully saturated rings. The van der Waals surface area contributed by atoms with E-state index in [-0.39, 0.29) is 0 Å². The van der Waals surface area contributed by atoms with E-state index < -0.39 is 0 Å². The summed E-state index contributed by atoms with van der Waals surface area (Å²) >= 11 is 11.4. The SMILES string of the molecule is C=[C]c1cc(Cl)ccc1Cl. The van der Waals surface area contributed by atoms with Crippen LogP contribution in [0.2, 0.25) is 10.0 Å². The number of hydrogen-bond donors (Lipinski definition) is 0. The predicted octanol–water partition coefficient (Wildman–Crippen LogP) is 3.33. The molecule has 0 unspecified atom stereocenters. The van der Waals surface area contributed by atoms with Crippen molar-refractivity contribution in [2.45, 2.75) is 0 Å². The van der Waals surface area contributed by atoms with Gasteiger partial charge in [-0.05, 0) is 24.3 Å². The zero-order valence-electron chi connectivity index (χ0n) is 5.20. The van der Waals surface area contributed by atoms with Crippen molar-refractivity contribution in [2.24, 2.45) is 0 Å². The highest BCUT2D eigenvalue weighted by Crippen LogP contribution is 2.19. The van der Waals surface area contributed by atoms with Gasteiger partial charge >= 0.3 is 0 Å². The summed E-state index contributed by atoms with van der Waals surface area (Å²) in [6.45, 7) is 3.46. The van der Waals surface area contributed by atoms with Gasteiger partial charge < -0.3 is 0 Å². The molecule has 0 nitrogen and oxygen atoms in total. The third kappa shape index (κ3) is 1.53. The van der Waals surface area contributed by atoms with Gasteiger partial charge in [-0.1, -0.05) is 29.8 Å². The summed E-state index contributed by atoms with van der Waals surface area (Å²) < 4.78 is 0. The van der Waals surface area contributed by atoms with Crippen molar-refractivity contribution < 1.29 is 0 Å². The van der Waals surface area contributed by atoms with Gasteiger partial charge in [-0.3, -0.25) is 0 Å². The molecule has 0 aliphatic carbocycles. The maximum absolute atomic E-state index is 5.74. The third-order valence-corrected chi connectivity index (χ3v) is 1.68. The maximum Gasteiger partial charge on any atom is 0.0485 e. The lowest BCUT2D eigenvalue weighted by atomic mass is 10.2. The topological polar surface area (TPSA) is 0 Å². The van der Waals surface area contributed by atoms with Crippen LogP contribution in [0.3, 0.4) is 0 Å². The van der Waals surface area contributed by atoms with E-state index in [2.05, 4.69) is 12.7 Å². The van der Waals surface area contributed by atoms with Crippen molar-refractivity contribution in [3.8, 4) is 0 Å². The molecule has 0 aromatic heterocycles. The van der Waals surface area contributed by atoms with Crippen molar-refractivity contribution in [3.05, 3.63) is 46.5 Å². The van der Waals surface area contributed by atoms with Crippen molar-refractivity contribution in [1.29, 1.82) is 0 Å². The van der Waals surface area contributed by atoms with E-state index in [1.807, 2.05) is 0 Å². The lowest BCUT2D eigenvalue weighted by Crippen LogP contribution is -1.74. The lowest BCUT2D eigenvalue weighted by Gasteiger charge is -1.95. The van der Waals surface area contributed by atoms with Gasteiger partial charge in [0, 0.05) is 15.6 Å². The largest absolute Gasteiger partial charge is 0.0905 e. The lowest BCUT2D eigenvalue weighted by molar-refractivity contribution is 1.58. The third-order valence-electron chi connectivity index (χ3n) is 1.12. The van der Waals surface area contributed by atoms with E-state index in [9.17, 15) is 0 Å². The van der Waals surface area contributed by atoms with Gasteiger partial charge in [0.25, 0.3) is 0 Å². The van der Waals surface area contributed by atoms with Crippen molar-refractivity contribution >= 4 is 23.2 Å². The first-order valence-electron chi connectivity index (χ1n) is 2.72. The molecular formula is C8H5Cl2. The maximum atomic E-state index is 5.74. The summed E-state index contributed by atoms with van der Waals surface area (Å²) in [6, 6.07) is 5.17. The van der Waals surface area contributed by atoms with E-state index in [4.69, 9.17) is 23.2 Å². The zero-order valence-corrected chi connectivity index (χ0v) is 6.71. The highest BCUT2D eigenvalue weighted by atomic mass is 35.5. The van der Waals surface area contributed by atoms with Gasteiger partial charge in [0.05, 0.1) is 0 Å². The second kappa shape index (κ2) is 3.09. The quantitative estimate of drug-likeness (QED) is 0.609. The van der Waals surface area contributed by atoms with Crippen LogP contribution in [0.25, 0.3) is 0 Å². The summed E-state index contributed by atoms with van der Waals surface area (Å²) in [5, 5.41) is 1.27. The molecule has 0 spiro atoms. The van der Waals surface area contributed by atoms with Gasteiger partial charge in [-0.2, -0.15) is 0 Å². The zero-order chi connectivity index (χ0) is 7.56. The molecule has 2 heteroatoms. The predicted molar refractivity (Wildman–Crippen MR) is 44.4 cm³/mol. The number of benzene rings is 1. The first kappa shape index (κ1) is 7.64. The average molecular weight is 172 g/mol. The standard InChI is InChI=1S/C8H5Cl2/c1-2-6-5-7(9)3-4-8(6)10/h3-5H,1H2. The van der Waals surface area contributed by atoms with Gasteiger partial charge in [0.15, 0.2) is 0 Å². The molecule has 0 saturated carbocycles. The molecule has 10 heavy (non-hydrogen) atoms. The molecule has 1 aromatic carbocycles. The van der Waals surface area contributed by atoms with Crippen LogP contribution in [-0.2, 0) is 0 Å². The van der Waals surface area contributed by atoms with Gasteiger partial charge in [0.1, 0.15) is 0 Å². The van der Waals surface area contributed by atoms with Crippen LogP contribution in [-0.4, -0.2) is 0 Å². The van der Waals surface area contributed by atoms with Crippen molar-refractivity contribution in [3.63, 3.8) is 0 Å². The second-order valence-electron chi connectivity index (χ2n) is 1.80. The summed E-state index contributed by atoms with van der Waals surface area (Å²) in [4.78, 5) is 0. The smallest absolute Gasteiger partial charge is 0.0485 e. The van der Waals surface area contributed by atoms with Crippen LogP contribution in [0, 0.1) is 6.08 Å². The Bertz CT molecular complexity index is 253. The van der Waals surface area contributed by atoms with E-state index in [0.717, 1.165) is 5.56 Å². The number of hydrogen-bond acceptors (Lipinski definition) is 0. The monoisotopic (exact) mass is 171 g/mol. The Morgan fingerprint density at radius 1 is 1.30 bits per heavy atom. The molecule has 0 N–H and O–H groups in total. The Balaban J connectivity index is 3.21. The van der Waals surface area contributed by atoms with Crippen molar-refractivity contribution in [1.82, 2.24) is 0 Å². The van der Waals surface area contributed by atoms with Gasteiger partial charge in [0.2, 0.25) is 0 Å². The minimum Gasteiger partial charge on any atom is -0.0905 e. The fraction of sp³-hybridized carbons (Fsp3) is 0. The first-order valence-corrected chi connectivity index (χ1v) is 3.48. The van der Waals surface area contributed by atoms with E-state index in [0.29, 0.717) is 10.0 Å². The minimum absolute atomic E-state index is 0.624. The average Bonchev–Trinajstić information content (AvgIpc) is 1.94. The van der Waals surface area contributed by atoms with Crippen molar-refractivity contribution in [2.75, 3.05) is 0 Å². The van der Waals surface area contributed by atoms with E-state index >= 15 is 0 Å². The fourth-order valence-electron chi connectivity index (χ4n) is 0.633. The van der Waals surface area contributed by atoms with Crippen LogP contribution < -0.4 is 0 Å². The molecule has 0 aliphatic rings. The Kier molecular flexibility index (Phi) is 2.36. The Labute approximate surface area is 70.1 Å². The van der Waals surface area contributed by atoms with E-state index in [1.165, 1.54) is 0 Å². The molecule has 1 aromatic rings. The van der Waals surface area contributed by atoms with Gasteiger partial charge in [-0.25, -0.2) is 0 Å². The van der Waals surface area contributed by atoms with Crippen LogP contribution >= 0.6 is 23.2 Å². The van der Waals surface area contributed by atoms with Gasteiger partial charge in [-0.15, -0.1) is 0 Å². The summed E-state index contributed by atoms with van der Waals surface area (Å²) in [7, 11) is 0. The molecule has 0 heterocycles. The van der Waals surface area contributed by atoms with Crippen LogP contribution in [0.15, 0.2) is 24.8 Å². The fourth-order valence-corrected chi connectivity index (χ4v) is 0.989. The normalized spacial score (nSPS) is 9.40. The molecule has 51 valence electrons. The number of halogens is 2. The molecule has 1 rings (SSSR count). The summed E-state index contributed by atoms with van der Waals surface area (Å²) in [6.07, 6.45) is 2.67. The van der Waals surface area contributed by atoms with Crippen LogP contribution in [0.4, 0.5) is 0 Å². The Morgan fingerprint density at radius 3 is 2.50 bits per heavy atom.